The van der Waals surface area contributed by atoms with Gasteiger partial charge in [-0.15, -0.1) is 0 Å². The Hall–Kier alpha value is -2.83. The molecule has 2 rings (SSSR count). The minimum absolute atomic E-state index is 0.167. The first-order valence-electron chi connectivity index (χ1n) is 6.35. The van der Waals surface area contributed by atoms with Crippen LogP contribution in [-0.2, 0) is 17.8 Å². The molecule has 0 unspecified atom stereocenters. The highest BCUT2D eigenvalue weighted by molar-refractivity contribution is 5.82. The van der Waals surface area contributed by atoms with Gasteiger partial charge in [0, 0.05) is 12.5 Å². The minimum Gasteiger partial charge on any atom is -0.480 e. The first-order valence-corrected chi connectivity index (χ1v) is 6.35. The molecule has 1 aromatic carbocycles. The molecule has 0 aliphatic carbocycles. The fourth-order valence-electron chi connectivity index (χ4n) is 1.76. The van der Waals surface area contributed by atoms with E-state index in [4.69, 9.17) is 5.11 Å². The van der Waals surface area contributed by atoms with Gasteiger partial charge in [-0.25, -0.2) is 9.59 Å². The summed E-state index contributed by atoms with van der Waals surface area (Å²) in [6.45, 7) is 0.167. The zero-order chi connectivity index (χ0) is 15.1. The molecule has 0 fully saturated rings. The van der Waals surface area contributed by atoms with E-state index in [1.807, 2.05) is 30.3 Å². The van der Waals surface area contributed by atoms with Gasteiger partial charge in [-0.1, -0.05) is 35.5 Å². The van der Waals surface area contributed by atoms with Crippen molar-refractivity contribution in [1.29, 1.82) is 0 Å². The second kappa shape index (κ2) is 7.09. The number of rotatable bonds is 6. The minimum atomic E-state index is -1.09. The first-order chi connectivity index (χ1) is 10.1. The Labute approximate surface area is 120 Å². The maximum absolute atomic E-state index is 11.7. The molecule has 1 heterocycles. The highest BCUT2D eigenvalue weighted by Gasteiger charge is 2.20. The molecule has 2 aromatic rings. The average molecular weight is 289 g/mol. The van der Waals surface area contributed by atoms with Crippen molar-refractivity contribution >= 4 is 12.0 Å². The zero-order valence-corrected chi connectivity index (χ0v) is 11.2. The maximum atomic E-state index is 11.7. The lowest BCUT2D eigenvalue weighted by atomic mass is 10.1. The van der Waals surface area contributed by atoms with Crippen LogP contribution < -0.4 is 10.6 Å². The molecule has 3 N–H and O–H groups in total. The van der Waals surface area contributed by atoms with Crippen LogP contribution in [0.25, 0.3) is 0 Å². The molecule has 2 amide bonds. The molecule has 0 aliphatic heterocycles. The largest absolute Gasteiger partial charge is 0.480 e. The number of aliphatic carboxylic acids is 1. The summed E-state index contributed by atoms with van der Waals surface area (Å²) in [7, 11) is 0. The second-order valence-corrected chi connectivity index (χ2v) is 4.40. The number of hydrogen-bond donors (Lipinski definition) is 3. The van der Waals surface area contributed by atoms with Crippen LogP contribution in [-0.4, -0.2) is 28.3 Å². The van der Waals surface area contributed by atoms with Crippen LogP contribution in [0.3, 0.4) is 0 Å². The van der Waals surface area contributed by atoms with Crippen LogP contribution >= 0.6 is 0 Å². The van der Waals surface area contributed by atoms with E-state index in [0.29, 0.717) is 5.69 Å². The third kappa shape index (κ3) is 4.64. The summed E-state index contributed by atoms with van der Waals surface area (Å²) in [4.78, 5) is 22.9. The topological polar surface area (TPSA) is 104 Å². The van der Waals surface area contributed by atoms with Gasteiger partial charge in [0.05, 0.1) is 6.54 Å². The van der Waals surface area contributed by atoms with Crippen LogP contribution in [0.2, 0.25) is 0 Å². The monoisotopic (exact) mass is 289 g/mol. The van der Waals surface area contributed by atoms with Crippen molar-refractivity contribution in [3.63, 3.8) is 0 Å². The van der Waals surface area contributed by atoms with Gasteiger partial charge in [-0.05, 0) is 5.56 Å². The first kappa shape index (κ1) is 14.6. The Morgan fingerprint density at radius 1 is 1.24 bits per heavy atom. The van der Waals surface area contributed by atoms with Crippen LogP contribution in [0.5, 0.6) is 0 Å². The Morgan fingerprint density at radius 2 is 2.00 bits per heavy atom. The fourth-order valence-corrected chi connectivity index (χ4v) is 1.76. The molecular formula is C14H15N3O4. The van der Waals surface area contributed by atoms with Gasteiger partial charge in [0.2, 0.25) is 0 Å². The number of carbonyl (C=O) groups excluding carboxylic acids is 1. The molecule has 21 heavy (non-hydrogen) atoms. The fraction of sp³-hybridized carbons (Fsp3) is 0.214. The maximum Gasteiger partial charge on any atom is 0.326 e. The van der Waals surface area contributed by atoms with Crippen molar-refractivity contribution in [3.8, 4) is 0 Å². The van der Waals surface area contributed by atoms with E-state index in [9.17, 15) is 9.59 Å². The normalized spacial score (nSPS) is 11.6. The van der Waals surface area contributed by atoms with E-state index in [-0.39, 0.29) is 13.0 Å². The smallest absolute Gasteiger partial charge is 0.326 e. The average Bonchev–Trinajstić information content (AvgIpc) is 2.99. The van der Waals surface area contributed by atoms with Crippen LogP contribution in [0, 0.1) is 0 Å². The van der Waals surface area contributed by atoms with E-state index in [0.717, 1.165) is 5.56 Å². The van der Waals surface area contributed by atoms with Crippen molar-refractivity contribution < 1.29 is 19.2 Å². The summed E-state index contributed by atoms with van der Waals surface area (Å²) in [6, 6.07) is 9.15. The van der Waals surface area contributed by atoms with Gasteiger partial charge in [-0.2, -0.15) is 0 Å². The van der Waals surface area contributed by atoms with E-state index in [2.05, 4.69) is 20.3 Å². The van der Waals surface area contributed by atoms with E-state index in [1.165, 1.54) is 6.26 Å². The number of carbonyl (C=O) groups is 2. The number of carboxylic acids is 1. The molecular weight excluding hydrogens is 274 g/mol. The van der Waals surface area contributed by atoms with Crippen molar-refractivity contribution in [1.82, 2.24) is 15.8 Å². The molecule has 110 valence electrons. The summed E-state index contributed by atoms with van der Waals surface area (Å²) < 4.78 is 4.63. The molecule has 1 aromatic heterocycles. The quantitative estimate of drug-likeness (QED) is 0.740. The summed E-state index contributed by atoms with van der Waals surface area (Å²) >= 11 is 0. The van der Waals surface area contributed by atoms with E-state index >= 15 is 0 Å². The third-order valence-corrected chi connectivity index (χ3v) is 2.81. The second-order valence-electron chi connectivity index (χ2n) is 4.40. The Morgan fingerprint density at radius 3 is 2.62 bits per heavy atom. The Balaban J connectivity index is 1.87. The lowest BCUT2D eigenvalue weighted by molar-refractivity contribution is -0.139. The zero-order valence-electron chi connectivity index (χ0n) is 11.2. The predicted molar refractivity (Wildman–Crippen MR) is 73.4 cm³/mol. The number of urea groups is 1. The van der Waals surface area contributed by atoms with Crippen molar-refractivity contribution in [2.24, 2.45) is 0 Å². The van der Waals surface area contributed by atoms with Gasteiger partial charge < -0.3 is 20.3 Å². The number of amides is 2. The molecule has 0 saturated heterocycles. The lowest BCUT2D eigenvalue weighted by Gasteiger charge is -2.15. The van der Waals surface area contributed by atoms with E-state index < -0.39 is 18.0 Å². The number of nitrogens with one attached hydrogen (secondary N) is 2. The SMILES string of the molecule is O=C(NCc1ccon1)N[C@@H](Cc1ccccc1)C(=O)O. The van der Waals surface area contributed by atoms with Gasteiger partial charge in [0.25, 0.3) is 0 Å². The van der Waals surface area contributed by atoms with Crippen molar-refractivity contribution in [2.45, 2.75) is 19.0 Å². The molecule has 1 atom stereocenters. The van der Waals surface area contributed by atoms with Crippen molar-refractivity contribution in [2.75, 3.05) is 0 Å². The molecule has 0 saturated carbocycles. The summed E-state index contributed by atoms with van der Waals surface area (Å²) in [5, 5.41) is 17.7. The molecule has 7 nitrogen and oxygen atoms in total. The van der Waals surface area contributed by atoms with Crippen LogP contribution in [0.1, 0.15) is 11.3 Å². The van der Waals surface area contributed by atoms with Crippen molar-refractivity contribution in [3.05, 3.63) is 53.9 Å². The van der Waals surface area contributed by atoms with E-state index in [1.54, 1.807) is 6.07 Å². The predicted octanol–water partition coefficient (Wildman–Crippen LogP) is 1.17. The molecule has 7 heteroatoms. The third-order valence-electron chi connectivity index (χ3n) is 2.81. The van der Waals surface area contributed by atoms with Gasteiger partial charge in [0.15, 0.2) is 0 Å². The van der Waals surface area contributed by atoms with Gasteiger partial charge in [-0.3, -0.25) is 0 Å². The van der Waals surface area contributed by atoms with Crippen LogP contribution in [0.15, 0.2) is 47.2 Å². The number of benzene rings is 1. The lowest BCUT2D eigenvalue weighted by Crippen LogP contribution is -2.46. The van der Waals surface area contributed by atoms with Gasteiger partial charge in [0.1, 0.15) is 18.0 Å². The molecule has 0 radical (unpaired) electrons. The van der Waals surface area contributed by atoms with Crippen LogP contribution in [0.4, 0.5) is 4.79 Å². The summed E-state index contributed by atoms with van der Waals surface area (Å²) in [6.07, 6.45) is 1.61. The molecule has 0 bridgehead atoms. The van der Waals surface area contributed by atoms with Gasteiger partial charge >= 0.3 is 12.0 Å². The summed E-state index contributed by atoms with van der Waals surface area (Å²) in [5.74, 6) is -1.09. The molecule has 0 spiro atoms. The number of nitrogens with zero attached hydrogens (tertiary/aromatic N) is 1. The number of aromatic nitrogens is 1. The number of carboxylic acid groups (broad SMARTS) is 1. The Bertz CT molecular complexity index is 584. The summed E-state index contributed by atoms with van der Waals surface area (Å²) in [5.41, 5.74) is 1.39. The molecule has 0 aliphatic rings. The highest BCUT2D eigenvalue weighted by atomic mass is 16.5. The Kier molecular flexibility index (Phi) is 4.92. The number of hydrogen-bond acceptors (Lipinski definition) is 4. The standard InChI is InChI=1S/C14H15N3O4/c18-13(19)12(8-10-4-2-1-3-5-10)16-14(20)15-9-11-6-7-21-17-11/h1-7,12H,8-9H2,(H,18,19)(H2,15,16,20)/t12-/m0/s1. The highest BCUT2D eigenvalue weighted by Crippen LogP contribution is 2.03.